The van der Waals surface area contributed by atoms with E-state index in [2.05, 4.69) is 12.2 Å². The van der Waals surface area contributed by atoms with Crippen LogP contribution in [0.2, 0.25) is 0 Å². The highest BCUT2D eigenvalue weighted by Crippen LogP contribution is 2.35. The number of aliphatic hydroxyl groups is 1. The Labute approximate surface area is 129 Å². The summed E-state index contributed by atoms with van der Waals surface area (Å²) >= 11 is 0. The van der Waals surface area contributed by atoms with Gasteiger partial charge in [-0.1, -0.05) is 39.0 Å². The van der Waals surface area contributed by atoms with Gasteiger partial charge in [0.1, 0.15) is 0 Å². The van der Waals surface area contributed by atoms with Crippen molar-refractivity contribution in [1.82, 2.24) is 5.32 Å². The van der Waals surface area contributed by atoms with Crippen molar-refractivity contribution in [3.8, 4) is 0 Å². The lowest BCUT2D eigenvalue weighted by molar-refractivity contribution is -0.122. The van der Waals surface area contributed by atoms with Crippen LogP contribution in [0.25, 0.3) is 0 Å². The van der Waals surface area contributed by atoms with E-state index in [0.29, 0.717) is 25.4 Å². The summed E-state index contributed by atoms with van der Waals surface area (Å²) in [5.41, 5.74) is 5.57. The van der Waals surface area contributed by atoms with Crippen LogP contribution < -0.4 is 11.1 Å². The SMILES string of the molecule is CCCC(CCN)CCC(=O)NCC1(CO)CCCCC1. The molecule has 4 heteroatoms. The highest BCUT2D eigenvalue weighted by atomic mass is 16.3. The molecule has 1 saturated carbocycles. The van der Waals surface area contributed by atoms with E-state index in [-0.39, 0.29) is 17.9 Å². The molecule has 4 N–H and O–H groups in total. The second kappa shape index (κ2) is 10.2. The number of carbonyl (C=O) groups is 1. The second-order valence-electron chi connectivity index (χ2n) is 6.77. The van der Waals surface area contributed by atoms with Gasteiger partial charge in [0.05, 0.1) is 6.61 Å². The summed E-state index contributed by atoms with van der Waals surface area (Å²) in [5, 5.41) is 12.7. The zero-order valence-electron chi connectivity index (χ0n) is 13.7. The van der Waals surface area contributed by atoms with Crippen molar-refractivity contribution in [3.05, 3.63) is 0 Å². The number of nitrogens with one attached hydrogen (secondary N) is 1. The standard InChI is InChI=1S/C17H34N2O2/c1-2-6-15(9-12-18)7-8-16(21)19-13-17(14-20)10-4-3-5-11-17/h15,20H,2-14,18H2,1H3,(H,19,21). The highest BCUT2D eigenvalue weighted by Gasteiger charge is 2.31. The molecule has 1 unspecified atom stereocenters. The third kappa shape index (κ3) is 6.79. The van der Waals surface area contributed by atoms with E-state index in [4.69, 9.17) is 5.73 Å². The number of hydrogen-bond acceptors (Lipinski definition) is 3. The van der Waals surface area contributed by atoms with Gasteiger partial charge in [-0.25, -0.2) is 0 Å². The van der Waals surface area contributed by atoms with E-state index in [9.17, 15) is 9.90 Å². The van der Waals surface area contributed by atoms with Crippen LogP contribution in [-0.4, -0.2) is 30.7 Å². The molecule has 124 valence electrons. The van der Waals surface area contributed by atoms with Crippen molar-refractivity contribution < 1.29 is 9.90 Å². The lowest BCUT2D eigenvalue weighted by Crippen LogP contribution is -2.41. The lowest BCUT2D eigenvalue weighted by Gasteiger charge is -2.35. The van der Waals surface area contributed by atoms with Gasteiger partial charge in [0, 0.05) is 18.4 Å². The third-order valence-electron chi connectivity index (χ3n) is 4.96. The van der Waals surface area contributed by atoms with E-state index in [0.717, 1.165) is 38.5 Å². The normalized spacial score (nSPS) is 19.2. The van der Waals surface area contributed by atoms with E-state index in [1.54, 1.807) is 0 Å². The van der Waals surface area contributed by atoms with E-state index >= 15 is 0 Å². The van der Waals surface area contributed by atoms with Crippen molar-refractivity contribution in [2.24, 2.45) is 17.1 Å². The first-order valence-electron chi connectivity index (χ1n) is 8.73. The molecule has 1 atom stereocenters. The fourth-order valence-corrected chi connectivity index (χ4v) is 3.48. The Kier molecular flexibility index (Phi) is 8.93. The first-order chi connectivity index (χ1) is 10.2. The number of hydrogen-bond donors (Lipinski definition) is 3. The van der Waals surface area contributed by atoms with Gasteiger partial charge in [-0.2, -0.15) is 0 Å². The summed E-state index contributed by atoms with van der Waals surface area (Å²) in [4.78, 5) is 12.0. The monoisotopic (exact) mass is 298 g/mol. The predicted molar refractivity (Wildman–Crippen MR) is 86.9 cm³/mol. The maximum atomic E-state index is 12.0. The first kappa shape index (κ1) is 18.4. The zero-order chi connectivity index (χ0) is 15.6. The number of rotatable bonds is 10. The topological polar surface area (TPSA) is 75.4 Å². The Morgan fingerprint density at radius 1 is 1.24 bits per heavy atom. The molecule has 0 saturated heterocycles. The summed E-state index contributed by atoms with van der Waals surface area (Å²) in [6.45, 7) is 3.72. The second-order valence-corrected chi connectivity index (χ2v) is 6.77. The molecule has 1 rings (SSSR count). The molecule has 4 nitrogen and oxygen atoms in total. The van der Waals surface area contributed by atoms with Crippen molar-refractivity contribution >= 4 is 5.91 Å². The van der Waals surface area contributed by atoms with E-state index < -0.39 is 0 Å². The largest absolute Gasteiger partial charge is 0.396 e. The van der Waals surface area contributed by atoms with Gasteiger partial charge in [-0.3, -0.25) is 4.79 Å². The number of amides is 1. The minimum atomic E-state index is -0.0615. The minimum Gasteiger partial charge on any atom is -0.396 e. The summed E-state index contributed by atoms with van der Waals surface area (Å²) in [7, 11) is 0. The van der Waals surface area contributed by atoms with Crippen LogP contribution in [0.3, 0.4) is 0 Å². The molecular formula is C17H34N2O2. The van der Waals surface area contributed by atoms with Gasteiger partial charge in [0.2, 0.25) is 5.91 Å². The van der Waals surface area contributed by atoms with Crippen molar-refractivity contribution in [3.63, 3.8) is 0 Å². The van der Waals surface area contributed by atoms with E-state index in [1.807, 2.05) is 0 Å². The fourth-order valence-electron chi connectivity index (χ4n) is 3.48. The summed E-state index contributed by atoms with van der Waals surface area (Å²) < 4.78 is 0. The quantitative estimate of drug-likeness (QED) is 0.580. The van der Waals surface area contributed by atoms with Gasteiger partial charge in [-0.05, 0) is 38.1 Å². The highest BCUT2D eigenvalue weighted by molar-refractivity contribution is 5.75. The molecule has 0 aromatic rings. The third-order valence-corrected chi connectivity index (χ3v) is 4.96. The predicted octanol–water partition coefficient (Wildman–Crippen LogP) is 2.59. The van der Waals surface area contributed by atoms with Crippen LogP contribution in [-0.2, 0) is 4.79 Å². The Hall–Kier alpha value is -0.610. The Morgan fingerprint density at radius 2 is 1.95 bits per heavy atom. The molecule has 1 fully saturated rings. The maximum Gasteiger partial charge on any atom is 0.220 e. The van der Waals surface area contributed by atoms with Crippen molar-refractivity contribution in [2.45, 2.75) is 71.1 Å². The van der Waals surface area contributed by atoms with Crippen LogP contribution in [0.4, 0.5) is 0 Å². The van der Waals surface area contributed by atoms with Gasteiger partial charge >= 0.3 is 0 Å². The molecule has 1 aliphatic carbocycles. The Morgan fingerprint density at radius 3 is 2.52 bits per heavy atom. The molecule has 1 aliphatic rings. The number of aliphatic hydroxyl groups excluding tert-OH is 1. The number of carbonyl (C=O) groups excluding carboxylic acids is 1. The molecule has 0 aromatic heterocycles. The molecule has 0 aliphatic heterocycles. The first-order valence-corrected chi connectivity index (χ1v) is 8.73. The molecule has 21 heavy (non-hydrogen) atoms. The lowest BCUT2D eigenvalue weighted by atomic mass is 9.74. The van der Waals surface area contributed by atoms with Crippen LogP contribution in [0.5, 0.6) is 0 Å². The Balaban J connectivity index is 2.28. The molecule has 0 spiro atoms. The zero-order valence-corrected chi connectivity index (χ0v) is 13.7. The van der Waals surface area contributed by atoms with E-state index in [1.165, 1.54) is 19.3 Å². The molecule has 0 aromatic carbocycles. The molecular weight excluding hydrogens is 264 g/mol. The van der Waals surface area contributed by atoms with Crippen LogP contribution in [0.1, 0.15) is 71.1 Å². The van der Waals surface area contributed by atoms with Crippen LogP contribution in [0.15, 0.2) is 0 Å². The molecule has 0 bridgehead atoms. The smallest absolute Gasteiger partial charge is 0.220 e. The van der Waals surface area contributed by atoms with Gasteiger partial charge < -0.3 is 16.2 Å². The van der Waals surface area contributed by atoms with Gasteiger partial charge in [-0.15, -0.1) is 0 Å². The average Bonchev–Trinajstić information content (AvgIpc) is 2.52. The maximum absolute atomic E-state index is 12.0. The molecule has 1 amide bonds. The summed E-state index contributed by atoms with van der Waals surface area (Å²) in [5.74, 6) is 0.707. The van der Waals surface area contributed by atoms with Crippen LogP contribution >= 0.6 is 0 Å². The van der Waals surface area contributed by atoms with Gasteiger partial charge in [0.25, 0.3) is 0 Å². The number of nitrogens with two attached hydrogens (primary N) is 1. The van der Waals surface area contributed by atoms with Crippen molar-refractivity contribution in [2.75, 3.05) is 19.7 Å². The molecule has 0 heterocycles. The fraction of sp³-hybridized carbons (Fsp3) is 0.941. The minimum absolute atomic E-state index is 0.0615. The van der Waals surface area contributed by atoms with Crippen molar-refractivity contribution in [1.29, 1.82) is 0 Å². The average molecular weight is 298 g/mol. The Bertz CT molecular complexity index is 283. The van der Waals surface area contributed by atoms with Gasteiger partial charge in [0.15, 0.2) is 0 Å². The van der Waals surface area contributed by atoms with Crippen LogP contribution in [0, 0.1) is 11.3 Å². The summed E-state index contributed by atoms with van der Waals surface area (Å²) in [6, 6.07) is 0. The molecule has 0 radical (unpaired) electrons. The summed E-state index contributed by atoms with van der Waals surface area (Å²) in [6.07, 6.45) is 10.5.